The van der Waals surface area contributed by atoms with Gasteiger partial charge in [0.2, 0.25) is 0 Å². The van der Waals surface area contributed by atoms with Gasteiger partial charge in [0.15, 0.2) is 0 Å². The summed E-state index contributed by atoms with van der Waals surface area (Å²) in [6.07, 6.45) is 1.35. The summed E-state index contributed by atoms with van der Waals surface area (Å²) >= 11 is 2.08. The third kappa shape index (κ3) is 3.65. The van der Waals surface area contributed by atoms with Crippen molar-refractivity contribution < 1.29 is 0 Å². The number of thioether (sulfide) groups is 1. The average Bonchev–Trinajstić information content (AvgIpc) is 2.85. The number of nitrogens with one attached hydrogen (secondary N) is 1. The number of aryl methyl sites for hydroxylation is 1. The number of benzene rings is 1. The molecule has 1 aliphatic heterocycles. The summed E-state index contributed by atoms with van der Waals surface area (Å²) in [5.74, 6) is 2.64. The molecule has 0 saturated carbocycles. The molecule has 0 aliphatic carbocycles. The second kappa shape index (κ2) is 6.31. The zero-order chi connectivity index (χ0) is 12.1. The molecule has 0 aromatic heterocycles. The van der Waals surface area contributed by atoms with Crippen LogP contribution in [-0.2, 0) is 0 Å². The lowest BCUT2D eigenvalue weighted by Crippen LogP contribution is -2.35. The van der Waals surface area contributed by atoms with Crippen LogP contribution in [0.25, 0.3) is 0 Å². The Kier molecular flexibility index (Phi) is 4.75. The lowest BCUT2D eigenvalue weighted by Gasteiger charge is -2.23. The van der Waals surface area contributed by atoms with E-state index in [1.54, 1.807) is 0 Å². The fraction of sp³-hybridized carbons (Fsp3) is 0.571. The molecule has 2 nitrogen and oxygen atoms in total. The summed E-state index contributed by atoms with van der Waals surface area (Å²) in [6, 6.07) is 9.27. The predicted molar refractivity (Wildman–Crippen MR) is 78.0 cm³/mol. The summed E-state index contributed by atoms with van der Waals surface area (Å²) in [5, 5.41) is 3.52. The van der Waals surface area contributed by atoms with E-state index < -0.39 is 0 Å². The molecule has 1 aliphatic rings. The Hall–Kier alpha value is -0.670. The van der Waals surface area contributed by atoms with Crippen molar-refractivity contribution in [3.05, 3.63) is 29.8 Å². The highest BCUT2D eigenvalue weighted by Gasteiger charge is 2.19. The average molecular weight is 250 g/mol. The number of nitrogens with zero attached hydrogens (tertiary/aromatic N) is 1. The van der Waals surface area contributed by atoms with Crippen molar-refractivity contribution in [1.82, 2.24) is 4.90 Å². The molecule has 0 bridgehead atoms. The van der Waals surface area contributed by atoms with Crippen LogP contribution in [0.1, 0.15) is 12.0 Å². The Balaban J connectivity index is 1.74. The zero-order valence-electron chi connectivity index (χ0n) is 10.8. The predicted octanol–water partition coefficient (Wildman–Crippen LogP) is 2.84. The highest BCUT2D eigenvalue weighted by molar-refractivity contribution is 7.99. The molecule has 94 valence electrons. The van der Waals surface area contributed by atoms with E-state index in [9.17, 15) is 0 Å². The van der Waals surface area contributed by atoms with Gasteiger partial charge in [0.25, 0.3) is 0 Å². The Bertz CT molecular complexity index is 348. The minimum Gasteiger partial charge on any atom is -0.384 e. The molecule has 1 heterocycles. The molecule has 3 heteroatoms. The van der Waals surface area contributed by atoms with Crippen molar-refractivity contribution >= 4 is 17.4 Å². The number of para-hydroxylation sites is 1. The van der Waals surface area contributed by atoms with E-state index >= 15 is 0 Å². The van der Waals surface area contributed by atoms with Crippen LogP contribution in [0.3, 0.4) is 0 Å². The van der Waals surface area contributed by atoms with Gasteiger partial charge >= 0.3 is 0 Å². The van der Waals surface area contributed by atoms with Crippen LogP contribution in [0.15, 0.2) is 24.3 Å². The van der Waals surface area contributed by atoms with Crippen LogP contribution in [0.5, 0.6) is 0 Å². The van der Waals surface area contributed by atoms with Crippen molar-refractivity contribution in [2.75, 3.05) is 37.0 Å². The van der Waals surface area contributed by atoms with Gasteiger partial charge in [0.05, 0.1) is 0 Å². The Morgan fingerprint density at radius 2 is 2.24 bits per heavy atom. The van der Waals surface area contributed by atoms with Crippen molar-refractivity contribution in [3.8, 4) is 0 Å². The van der Waals surface area contributed by atoms with Crippen molar-refractivity contribution in [3.63, 3.8) is 0 Å². The normalized spacial score (nSPS) is 19.8. The van der Waals surface area contributed by atoms with E-state index in [0.29, 0.717) is 0 Å². The standard InChI is InChI=1S/C14H22N2S/c1-12-5-3-4-6-14(12)15-8-9-16(2)13-7-10-17-11-13/h3-6,13,15H,7-11H2,1-2H3. The maximum Gasteiger partial charge on any atom is 0.0370 e. The Morgan fingerprint density at radius 1 is 1.41 bits per heavy atom. The number of rotatable bonds is 5. The van der Waals surface area contributed by atoms with E-state index in [0.717, 1.165) is 19.1 Å². The molecule has 0 radical (unpaired) electrons. The molecule has 1 unspecified atom stereocenters. The first-order valence-corrected chi connectivity index (χ1v) is 7.50. The second-order valence-electron chi connectivity index (χ2n) is 4.74. The topological polar surface area (TPSA) is 15.3 Å². The van der Waals surface area contributed by atoms with Gasteiger partial charge in [-0.05, 0) is 37.8 Å². The molecular formula is C14H22N2S. The Labute approximate surface area is 109 Å². The van der Waals surface area contributed by atoms with Gasteiger partial charge in [-0.25, -0.2) is 0 Å². The van der Waals surface area contributed by atoms with Crippen LogP contribution >= 0.6 is 11.8 Å². The highest BCUT2D eigenvalue weighted by atomic mass is 32.2. The minimum absolute atomic E-state index is 0.790. The van der Waals surface area contributed by atoms with Crippen LogP contribution in [0.4, 0.5) is 5.69 Å². The number of anilines is 1. The fourth-order valence-corrected chi connectivity index (χ4v) is 3.49. The Morgan fingerprint density at radius 3 is 2.94 bits per heavy atom. The van der Waals surface area contributed by atoms with Crippen molar-refractivity contribution in [2.45, 2.75) is 19.4 Å². The molecule has 0 amide bonds. The van der Waals surface area contributed by atoms with Crippen LogP contribution in [-0.4, -0.2) is 42.6 Å². The van der Waals surface area contributed by atoms with E-state index in [-0.39, 0.29) is 0 Å². The number of hydrogen-bond acceptors (Lipinski definition) is 3. The first-order valence-electron chi connectivity index (χ1n) is 6.35. The molecular weight excluding hydrogens is 228 g/mol. The van der Waals surface area contributed by atoms with Gasteiger partial charge in [-0.2, -0.15) is 11.8 Å². The first-order chi connectivity index (χ1) is 8.27. The number of hydrogen-bond donors (Lipinski definition) is 1. The van der Waals surface area contributed by atoms with Crippen LogP contribution in [0, 0.1) is 6.92 Å². The SMILES string of the molecule is Cc1ccccc1NCCN(C)C1CCSC1. The summed E-state index contributed by atoms with van der Waals surface area (Å²) in [6.45, 7) is 4.31. The van der Waals surface area contributed by atoms with E-state index in [1.807, 2.05) is 0 Å². The zero-order valence-corrected chi connectivity index (χ0v) is 11.6. The smallest absolute Gasteiger partial charge is 0.0370 e. The van der Waals surface area contributed by atoms with Gasteiger partial charge in [-0.15, -0.1) is 0 Å². The largest absolute Gasteiger partial charge is 0.384 e. The van der Waals surface area contributed by atoms with E-state index in [2.05, 4.69) is 60.2 Å². The highest BCUT2D eigenvalue weighted by Crippen LogP contribution is 2.21. The quantitative estimate of drug-likeness (QED) is 0.865. The third-order valence-corrected chi connectivity index (χ3v) is 4.60. The molecule has 1 atom stereocenters. The van der Waals surface area contributed by atoms with Crippen LogP contribution < -0.4 is 5.32 Å². The van der Waals surface area contributed by atoms with E-state index in [4.69, 9.17) is 0 Å². The lowest BCUT2D eigenvalue weighted by molar-refractivity contribution is 0.272. The number of likely N-dealkylation sites (N-methyl/N-ethyl adjacent to an activating group) is 1. The van der Waals surface area contributed by atoms with Gasteiger partial charge in [0, 0.05) is 30.6 Å². The lowest BCUT2D eigenvalue weighted by atomic mass is 10.2. The molecule has 2 rings (SSSR count). The summed E-state index contributed by atoms with van der Waals surface area (Å²) in [7, 11) is 2.25. The maximum atomic E-state index is 3.52. The van der Waals surface area contributed by atoms with Gasteiger partial charge in [0.1, 0.15) is 0 Å². The first kappa shape index (κ1) is 12.8. The summed E-state index contributed by atoms with van der Waals surface area (Å²) in [5.41, 5.74) is 2.59. The molecule has 1 fully saturated rings. The van der Waals surface area contributed by atoms with Gasteiger partial charge in [-0.1, -0.05) is 18.2 Å². The second-order valence-corrected chi connectivity index (χ2v) is 5.89. The maximum absolute atomic E-state index is 3.52. The molecule has 1 N–H and O–H groups in total. The minimum atomic E-state index is 0.790. The fourth-order valence-electron chi connectivity index (χ4n) is 2.19. The summed E-state index contributed by atoms with van der Waals surface area (Å²) in [4.78, 5) is 2.49. The third-order valence-electron chi connectivity index (χ3n) is 3.45. The monoisotopic (exact) mass is 250 g/mol. The van der Waals surface area contributed by atoms with Crippen LogP contribution in [0.2, 0.25) is 0 Å². The van der Waals surface area contributed by atoms with Crippen molar-refractivity contribution in [1.29, 1.82) is 0 Å². The van der Waals surface area contributed by atoms with Gasteiger partial charge < -0.3 is 10.2 Å². The van der Waals surface area contributed by atoms with Crippen molar-refractivity contribution in [2.24, 2.45) is 0 Å². The molecule has 1 saturated heterocycles. The van der Waals surface area contributed by atoms with Gasteiger partial charge in [-0.3, -0.25) is 0 Å². The molecule has 1 aromatic carbocycles. The summed E-state index contributed by atoms with van der Waals surface area (Å²) < 4.78 is 0. The molecule has 17 heavy (non-hydrogen) atoms. The van der Waals surface area contributed by atoms with E-state index in [1.165, 1.54) is 29.2 Å². The molecule has 1 aromatic rings. The molecule has 0 spiro atoms.